The summed E-state index contributed by atoms with van der Waals surface area (Å²) in [6, 6.07) is 6.27. The van der Waals surface area contributed by atoms with E-state index in [0.717, 1.165) is 0 Å². The van der Waals surface area contributed by atoms with Crippen LogP contribution in [0.2, 0.25) is 0 Å². The lowest BCUT2D eigenvalue weighted by molar-refractivity contribution is 0.0690. The first-order chi connectivity index (χ1) is 7.68. The second-order valence-electron chi connectivity index (χ2n) is 3.16. The highest BCUT2D eigenvalue weighted by molar-refractivity contribution is 5.85. The summed E-state index contributed by atoms with van der Waals surface area (Å²) in [5.41, 5.74) is 0.490. The number of aromatic carboxylic acids is 1. The summed E-state index contributed by atoms with van der Waals surface area (Å²) in [6.45, 7) is 0. The van der Waals surface area contributed by atoms with E-state index in [1.165, 1.54) is 12.1 Å². The number of hydrogen-bond donors (Lipinski definition) is 2. The molecule has 2 rings (SSSR count). The molecule has 0 saturated heterocycles. The van der Waals surface area contributed by atoms with Gasteiger partial charge in [-0.3, -0.25) is 9.78 Å². The number of nitrogens with zero attached hydrogens (tertiary/aromatic N) is 1. The van der Waals surface area contributed by atoms with Gasteiger partial charge in [0.25, 0.3) is 5.56 Å². The molecule has 2 heterocycles. The van der Waals surface area contributed by atoms with E-state index in [0.29, 0.717) is 11.1 Å². The summed E-state index contributed by atoms with van der Waals surface area (Å²) in [5.74, 6) is -1.16. The Hall–Kier alpha value is -2.43. The molecule has 0 aromatic carbocycles. The number of H-pyrrole nitrogens is 1. The summed E-state index contributed by atoms with van der Waals surface area (Å²) in [6.07, 6.45) is 3.15. The van der Waals surface area contributed by atoms with E-state index < -0.39 is 11.5 Å². The van der Waals surface area contributed by atoms with Crippen molar-refractivity contribution in [1.82, 2.24) is 9.97 Å². The molecule has 0 radical (unpaired) electrons. The first-order valence-electron chi connectivity index (χ1n) is 4.55. The maximum Gasteiger partial charge on any atom is 0.352 e. The Bertz CT molecular complexity index is 575. The van der Waals surface area contributed by atoms with Gasteiger partial charge in [-0.15, -0.1) is 0 Å². The van der Waals surface area contributed by atoms with Crippen LogP contribution in [0, 0.1) is 0 Å². The molecule has 5 nitrogen and oxygen atoms in total. The minimum atomic E-state index is -1.16. The second-order valence-corrected chi connectivity index (χ2v) is 3.16. The summed E-state index contributed by atoms with van der Waals surface area (Å²) < 4.78 is 0. The van der Waals surface area contributed by atoms with Crippen LogP contribution in [-0.4, -0.2) is 21.0 Å². The zero-order chi connectivity index (χ0) is 11.5. The zero-order valence-corrected chi connectivity index (χ0v) is 8.18. The van der Waals surface area contributed by atoms with Gasteiger partial charge in [0, 0.05) is 23.5 Å². The van der Waals surface area contributed by atoms with E-state index >= 15 is 0 Å². The van der Waals surface area contributed by atoms with Crippen LogP contribution in [0.5, 0.6) is 0 Å². The molecule has 0 atom stereocenters. The Balaban J connectivity index is 2.53. The molecule has 0 saturated carbocycles. The van der Waals surface area contributed by atoms with Gasteiger partial charge in [0.2, 0.25) is 0 Å². The van der Waals surface area contributed by atoms with Crippen molar-refractivity contribution in [3.63, 3.8) is 0 Å². The van der Waals surface area contributed by atoms with Crippen LogP contribution in [0.25, 0.3) is 11.1 Å². The second kappa shape index (κ2) is 3.98. The fourth-order valence-corrected chi connectivity index (χ4v) is 1.35. The number of hydrogen-bond acceptors (Lipinski definition) is 3. The van der Waals surface area contributed by atoms with Crippen LogP contribution in [0.4, 0.5) is 0 Å². The molecule has 0 bridgehead atoms. The van der Waals surface area contributed by atoms with Crippen molar-refractivity contribution in [3.8, 4) is 11.1 Å². The number of carboxylic acid groups (broad SMARTS) is 1. The molecule has 0 aliphatic rings. The molecule has 0 amide bonds. The minimum absolute atomic E-state index is 0.127. The first kappa shape index (κ1) is 10.1. The molecule has 2 N–H and O–H groups in total. The van der Waals surface area contributed by atoms with Crippen molar-refractivity contribution in [2.24, 2.45) is 0 Å². The standard InChI is InChI=1S/C11H8N2O3/c14-10-8(7-2-1-5-12-6-7)3-4-9(13-10)11(15)16/h1-6H,(H,13,14)(H,15,16). The first-order valence-corrected chi connectivity index (χ1v) is 4.55. The number of aromatic amines is 1. The maximum absolute atomic E-state index is 11.6. The molecule has 0 aliphatic heterocycles. The highest BCUT2D eigenvalue weighted by Crippen LogP contribution is 2.12. The fraction of sp³-hybridized carbons (Fsp3) is 0. The minimum Gasteiger partial charge on any atom is -0.477 e. The summed E-state index contributed by atoms with van der Waals surface area (Å²) >= 11 is 0. The van der Waals surface area contributed by atoms with Gasteiger partial charge in [0.1, 0.15) is 5.69 Å². The predicted molar refractivity (Wildman–Crippen MR) is 57.3 cm³/mol. The van der Waals surface area contributed by atoms with Gasteiger partial charge < -0.3 is 10.1 Å². The number of carbonyl (C=O) groups is 1. The van der Waals surface area contributed by atoms with Gasteiger partial charge in [-0.2, -0.15) is 0 Å². The van der Waals surface area contributed by atoms with Crippen molar-refractivity contribution in [2.45, 2.75) is 0 Å². The summed E-state index contributed by atoms with van der Waals surface area (Å²) in [7, 11) is 0. The highest BCUT2D eigenvalue weighted by atomic mass is 16.4. The average molecular weight is 216 g/mol. The van der Waals surface area contributed by atoms with E-state index in [9.17, 15) is 9.59 Å². The van der Waals surface area contributed by atoms with Gasteiger partial charge in [0.15, 0.2) is 0 Å². The van der Waals surface area contributed by atoms with Gasteiger partial charge in [0.05, 0.1) is 0 Å². The zero-order valence-electron chi connectivity index (χ0n) is 8.18. The number of aromatic nitrogens is 2. The largest absolute Gasteiger partial charge is 0.477 e. The molecule has 0 unspecified atom stereocenters. The number of rotatable bonds is 2. The van der Waals surface area contributed by atoms with Gasteiger partial charge >= 0.3 is 5.97 Å². The Kier molecular flexibility index (Phi) is 2.51. The van der Waals surface area contributed by atoms with Gasteiger partial charge in [-0.05, 0) is 18.2 Å². The molecule has 0 aliphatic carbocycles. The van der Waals surface area contributed by atoms with Crippen LogP contribution in [0.3, 0.4) is 0 Å². The maximum atomic E-state index is 11.6. The van der Waals surface area contributed by atoms with Crippen molar-refractivity contribution in [3.05, 3.63) is 52.7 Å². The monoisotopic (exact) mass is 216 g/mol. The van der Waals surface area contributed by atoms with Crippen molar-refractivity contribution >= 4 is 5.97 Å². The Labute approximate surface area is 90.4 Å². The Morgan fingerprint density at radius 1 is 1.31 bits per heavy atom. The van der Waals surface area contributed by atoms with E-state index in [4.69, 9.17) is 5.11 Å². The normalized spacial score (nSPS) is 10.0. The lowest BCUT2D eigenvalue weighted by atomic mass is 10.1. The third-order valence-corrected chi connectivity index (χ3v) is 2.11. The van der Waals surface area contributed by atoms with Gasteiger partial charge in [-0.25, -0.2) is 4.79 Å². The quantitative estimate of drug-likeness (QED) is 0.788. The Morgan fingerprint density at radius 3 is 2.69 bits per heavy atom. The molecule has 2 aromatic heterocycles. The van der Waals surface area contributed by atoms with Crippen LogP contribution in [0.15, 0.2) is 41.5 Å². The van der Waals surface area contributed by atoms with E-state index in [2.05, 4.69) is 9.97 Å². The van der Waals surface area contributed by atoms with E-state index in [1.807, 2.05) is 0 Å². The van der Waals surface area contributed by atoms with Crippen molar-refractivity contribution in [1.29, 1.82) is 0 Å². The van der Waals surface area contributed by atoms with Crippen molar-refractivity contribution in [2.75, 3.05) is 0 Å². The lowest BCUT2D eigenvalue weighted by Crippen LogP contribution is -2.14. The van der Waals surface area contributed by atoms with Crippen molar-refractivity contribution < 1.29 is 9.90 Å². The predicted octanol–water partition coefficient (Wildman–Crippen LogP) is 1.14. The molecule has 0 fully saturated rings. The number of carboxylic acids is 1. The molecule has 5 heteroatoms. The Morgan fingerprint density at radius 2 is 2.12 bits per heavy atom. The molecule has 16 heavy (non-hydrogen) atoms. The van der Waals surface area contributed by atoms with Crippen LogP contribution in [0.1, 0.15) is 10.5 Å². The molecule has 80 valence electrons. The molecular weight excluding hydrogens is 208 g/mol. The third kappa shape index (κ3) is 1.83. The molecule has 0 spiro atoms. The smallest absolute Gasteiger partial charge is 0.352 e. The highest BCUT2D eigenvalue weighted by Gasteiger charge is 2.07. The summed E-state index contributed by atoms with van der Waals surface area (Å²) in [4.78, 5) is 28.4. The topological polar surface area (TPSA) is 83.0 Å². The van der Waals surface area contributed by atoms with E-state index in [-0.39, 0.29) is 5.69 Å². The van der Waals surface area contributed by atoms with Gasteiger partial charge in [-0.1, -0.05) is 6.07 Å². The fourth-order valence-electron chi connectivity index (χ4n) is 1.35. The molecular formula is C11H8N2O3. The van der Waals surface area contributed by atoms with E-state index in [1.54, 1.807) is 24.5 Å². The number of pyridine rings is 2. The SMILES string of the molecule is O=C(O)c1ccc(-c2cccnc2)c(=O)[nH]1. The lowest BCUT2D eigenvalue weighted by Gasteiger charge is -2.00. The van der Waals surface area contributed by atoms with Crippen LogP contribution >= 0.6 is 0 Å². The van der Waals surface area contributed by atoms with Crippen LogP contribution < -0.4 is 5.56 Å². The average Bonchev–Trinajstić information content (AvgIpc) is 2.30. The number of nitrogens with one attached hydrogen (secondary N) is 1. The molecule has 2 aromatic rings. The third-order valence-electron chi connectivity index (χ3n) is 2.11. The van der Waals surface area contributed by atoms with Crippen LogP contribution in [-0.2, 0) is 0 Å². The summed E-state index contributed by atoms with van der Waals surface area (Å²) in [5, 5.41) is 8.69.